The van der Waals surface area contributed by atoms with Gasteiger partial charge in [-0.05, 0) is 50.7 Å². The maximum absolute atomic E-state index is 12.6. The summed E-state index contributed by atoms with van der Waals surface area (Å²) in [6, 6.07) is 8.42. The van der Waals surface area contributed by atoms with E-state index in [0.717, 1.165) is 5.56 Å². The van der Waals surface area contributed by atoms with E-state index in [9.17, 15) is 4.79 Å². The Balaban J connectivity index is 2.28. The van der Waals surface area contributed by atoms with Crippen molar-refractivity contribution in [1.29, 1.82) is 0 Å². The van der Waals surface area contributed by atoms with Crippen LogP contribution in [0.1, 0.15) is 64.5 Å². The van der Waals surface area contributed by atoms with Crippen LogP contribution in [0, 0.1) is 0 Å². The van der Waals surface area contributed by atoms with Gasteiger partial charge in [-0.25, -0.2) is 0 Å². The molecule has 0 aromatic heterocycles. The number of carbonyl (C=O) groups excluding carboxylic acids is 1. The maximum atomic E-state index is 12.6. The first-order valence-electron chi connectivity index (χ1n) is 7.73. The Kier molecular flexibility index (Phi) is 4.16. The Morgan fingerprint density at radius 2 is 1.76 bits per heavy atom. The fourth-order valence-electron chi connectivity index (χ4n) is 2.92. The van der Waals surface area contributed by atoms with Gasteiger partial charge in [0.15, 0.2) is 0 Å². The molecule has 0 spiro atoms. The topological polar surface area (TPSA) is 52.3 Å². The first kappa shape index (κ1) is 16.0. The Morgan fingerprint density at radius 3 is 2.14 bits per heavy atom. The van der Waals surface area contributed by atoms with Gasteiger partial charge in [-0.2, -0.15) is 0 Å². The zero-order chi connectivity index (χ0) is 15.8. The lowest BCUT2D eigenvalue weighted by molar-refractivity contribution is -0.166. The lowest BCUT2D eigenvalue weighted by atomic mass is 9.61. The van der Waals surface area contributed by atoms with Gasteiger partial charge in [-0.3, -0.25) is 4.79 Å². The van der Waals surface area contributed by atoms with Crippen molar-refractivity contribution in [2.24, 2.45) is 5.73 Å². The van der Waals surface area contributed by atoms with E-state index in [1.165, 1.54) is 5.56 Å². The molecule has 2 N–H and O–H groups in total. The van der Waals surface area contributed by atoms with E-state index in [2.05, 4.69) is 38.1 Å². The van der Waals surface area contributed by atoms with Crippen molar-refractivity contribution in [3.05, 3.63) is 35.4 Å². The summed E-state index contributed by atoms with van der Waals surface area (Å²) in [7, 11) is 0. The molecule has 1 aromatic rings. The molecule has 3 nitrogen and oxygen atoms in total. The van der Waals surface area contributed by atoms with Gasteiger partial charge in [-0.15, -0.1) is 0 Å². The van der Waals surface area contributed by atoms with Crippen LogP contribution in [0.15, 0.2) is 24.3 Å². The largest absolute Gasteiger partial charge is 0.459 e. The molecule has 0 bridgehead atoms. The molecule has 2 rings (SSSR count). The fourth-order valence-corrected chi connectivity index (χ4v) is 2.92. The van der Waals surface area contributed by atoms with Crippen molar-refractivity contribution in [3.63, 3.8) is 0 Å². The van der Waals surface area contributed by atoms with Crippen molar-refractivity contribution in [3.8, 4) is 0 Å². The van der Waals surface area contributed by atoms with Crippen LogP contribution < -0.4 is 5.73 Å². The molecule has 3 heteroatoms. The molecule has 0 aliphatic heterocycles. The van der Waals surface area contributed by atoms with Crippen LogP contribution in [0.2, 0.25) is 0 Å². The molecule has 0 radical (unpaired) electrons. The summed E-state index contributed by atoms with van der Waals surface area (Å²) in [5, 5.41) is 0. The molecule has 1 fully saturated rings. The van der Waals surface area contributed by atoms with Gasteiger partial charge in [0.1, 0.15) is 5.60 Å². The molecular weight excluding hydrogens is 262 g/mol. The third-order valence-electron chi connectivity index (χ3n) is 4.14. The third kappa shape index (κ3) is 3.29. The second-order valence-corrected chi connectivity index (χ2v) is 7.53. The number of hydrogen-bond acceptors (Lipinski definition) is 3. The summed E-state index contributed by atoms with van der Waals surface area (Å²) in [5.41, 5.74) is 7.25. The van der Waals surface area contributed by atoms with Crippen LogP contribution in [0.25, 0.3) is 0 Å². The number of rotatable bonds is 3. The average molecular weight is 289 g/mol. The number of nitrogens with two attached hydrogens (primary N) is 1. The molecule has 0 amide bonds. The molecule has 21 heavy (non-hydrogen) atoms. The van der Waals surface area contributed by atoms with Crippen LogP contribution in [0.3, 0.4) is 0 Å². The minimum absolute atomic E-state index is 0.0855. The molecule has 1 aliphatic carbocycles. The molecule has 0 atom stereocenters. The highest BCUT2D eigenvalue weighted by Gasteiger charge is 2.52. The van der Waals surface area contributed by atoms with E-state index >= 15 is 0 Å². The number of esters is 1. The zero-order valence-corrected chi connectivity index (χ0v) is 13.8. The van der Waals surface area contributed by atoms with Gasteiger partial charge in [0.05, 0.1) is 5.41 Å². The van der Waals surface area contributed by atoms with Crippen molar-refractivity contribution >= 4 is 5.97 Å². The van der Waals surface area contributed by atoms with Crippen LogP contribution in [0.5, 0.6) is 0 Å². The highest BCUT2D eigenvalue weighted by molar-refractivity contribution is 5.85. The van der Waals surface area contributed by atoms with Crippen molar-refractivity contribution in [2.45, 2.75) is 70.4 Å². The molecule has 116 valence electrons. The monoisotopic (exact) mass is 289 g/mol. The van der Waals surface area contributed by atoms with Gasteiger partial charge < -0.3 is 10.5 Å². The van der Waals surface area contributed by atoms with Crippen LogP contribution in [0.4, 0.5) is 0 Å². The van der Waals surface area contributed by atoms with Gasteiger partial charge in [0.2, 0.25) is 0 Å². The summed E-state index contributed by atoms with van der Waals surface area (Å²) in [4.78, 5) is 12.6. The summed E-state index contributed by atoms with van der Waals surface area (Å²) in [5.74, 6) is 0.342. The van der Waals surface area contributed by atoms with E-state index in [1.807, 2.05) is 20.8 Å². The second kappa shape index (κ2) is 5.45. The molecule has 0 unspecified atom stereocenters. The van der Waals surface area contributed by atoms with Crippen molar-refractivity contribution in [2.75, 3.05) is 0 Å². The van der Waals surface area contributed by atoms with Gasteiger partial charge in [-0.1, -0.05) is 38.1 Å². The maximum Gasteiger partial charge on any atom is 0.317 e. The van der Waals surface area contributed by atoms with Crippen molar-refractivity contribution in [1.82, 2.24) is 0 Å². The predicted molar refractivity (Wildman–Crippen MR) is 85.3 cm³/mol. The number of benzene rings is 1. The average Bonchev–Trinajstić information content (AvgIpc) is 2.32. The molecule has 0 heterocycles. The fraction of sp³-hybridized carbons (Fsp3) is 0.611. The highest BCUT2D eigenvalue weighted by Crippen LogP contribution is 2.45. The van der Waals surface area contributed by atoms with Crippen molar-refractivity contribution < 1.29 is 9.53 Å². The number of hydrogen-bond donors (Lipinski definition) is 1. The predicted octanol–water partition coefficient (Wildman–Crippen LogP) is 3.51. The first-order chi connectivity index (χ1) is 9.64. The van der Waals surface area contributed by atoms with Gasteiger partial charge in [0.25, 0.3) is 0 Å². The minimum Gasteiger partial charge on any atom is -0.459 e. The van der Waals surface area contributed by atoms with Gasteiger partial charge in [0, 0.05) is 6.04 Å². The van der Waals surface area contributed by atoms with Crippen LogP contribution in [-0.2, 0) is 14.9 Å². The number of carbonyl (C=O) groups is 1. The van der Waals surface area contributed by atoms with Crippen LogP contribution in [-0.4, -0.2) is 17.6 Å². The minimum atomic E-state index is -0.553. The molecular formula is C18H27NO2. The van der Waals surface area contributed by atoms with E-state index in [4.69, 9.17) is 10.5 Å². The lowest BCUT2D eigenvalue weighted by Gasteiger charge is -2.45. The normalized spacial score (nSPS) is 25.6. The number of ether oxygens (including phenoxy) is 1. The quantitative estimate of drug-likeness (QED) is 0.866. The Bertz CT molecular complexity index is 505. The Morgan fingerprint density at radius 1 is 1.24 bits per heavy atom. The highest BCUT2D eigenvalue weighted by atomic mass is 16.6. The Labute approximate surface area is 127 Å². The van der Waals surface area contributed by atoms with Crippen LogP contribution >= 0.6 is 0 Å². The Hall–Kier alpha value is -1.35. The van der Waals surface area contributed by atoms with E-state index < -0.39 is 11.0 Å². The smallest absolute Gasteiger partial charge is 0.317 e. The first-order valence-corrected chi connectivity index (χ1v) is 7.73. The van der Waals surface area contributed by atoms with E-state index in [0.29, 0.717) is 18.8 Å². The standard InChI is InChI=1S/C18H27NO2/c1-12(2)13-6-8-14(9-7-13)18(10-15(19)11-18)16(20)21-17(3,4)5/h6-9,12,15H,10-11,19H2,1-5H3. The van der Waals surface area contributed by atoms with E-state index in [-0.39, 0.29) is 12.0 Å². The lowest BCUT2D eigenvalue weighted by Crippen LogP contribution is -2.55. The van der Waals surface area contributed by atoms with E-state index in [1.54, 1.807) is 0 Å². The SMILES string of the molecule is CC(C)c1ccc(C2(C(=O)OC(C)(C)C)CC(N)C2)cc1. The second-order valence-electron chi connectivity index (χ2n) is 7.53. The molecule has 1 saturated carbocycles. The zero-order valence-electron chi connectivity index (χ0n) is 13.8. The molecule has 0 saturated heterocycles. The van der Waals surface area contributed by atoms with Gasteiger partial charge >= 0.3 is 5.97 Å². The third-order valence-corrected chi connectivity index (χ3v) is 4.14. The summed E-state index contributed by atoms with van der Waals surface area (Å²) in [6.07, 6.45) is 1.34. The molecule has 1 aromatic carbocycles. The molecule has 1 aliphatic rings. The summed E-state index contributed by atoms with van der Waals surface area (Å²) in [6.45, 7) is 10.0. The summed E-state index contributed by atoms with van der Waals surface area (Å²) >= 11 is 0. The summed E-state index contributed by atoms with van der Waals surface area (Å²) < 4.78 is 5.63.